The molecular weight excluding hydrogens is 168 g/mol. The molecule has 0 fully saturated rings. The second kappa shape index (κ2) is 23.8. The van der Waals surface area contributed by atoms with Crippen molar-refractivity contribution in [3.05, 3.63) is 0 Å². The van der Waals surface area contributed by atoms with E-state index in [-0.39, 0.29) is 17.1 Å². The Labute approximate surface area is 66.8 Å². The number of rotatable bonds is 2. The van der Waals surface area contributed by atoms with Crippen molar-refractivity contribution in [3.63, 3.8) is 0 Å². The van der Waals surface area contributed by atoms with Gasteiger partial charge in [0.2, 0.25) is 0 Å². The summed E-state index contributed by atoms with van der Waals surface area (Å²) in [6, 6.07) is 0. The quantitative estimate of drug-likeness (QED) is 0.365. The van der Waals surface area contributed by atoms with Gasteiger partial charge in [-0.2, -0.15) is 0 Å². The van der Waals surface area contributed by atoms with Gasteiger partial charge < -0.3 is 22.9 Å². The van der Waals surface area contributed by atoms with Crippen molar-refractivity contribution in [2.45, 2.75) is 0 Å². The molecule has 0 unspecified atom stereocenters. The SMILES string of the molecule is NCCN.NCCN.[Cu+]. The molecule has 0 aromatic carbocycles. The summed E-state index contributed by atoms with van der Waals surface area (Å²) in [4.78, 5) is 0. The standard InChI is InChI=1S/2C2H8N2.Cu/c2*3-1-2-4;/h2*1-4H2;/q;;+1. The van der Waals surface area contributed by atoms with Crippen molar-refractivity contribution in [1.29, 1.82) is 0 Å². The van der Waals surface area contributed by atoms with Crippen molar-refractivity contribution in [2.24, 2.45) is 22.9 Å². The van der Waals surface area contributed by atoms with Gasteiger partial charge in [0.05, 0.1) is 0 Å². The summed E-state index contributed by atoms with van der Waals surface area (Å²) < 4.78 is 0. The zero-order valence-corrected chi connectivity index (χ0v) is 6.38. The number of nitrogens with two attached hydrogens (primary N) is 4. The molecule has 0 saturated heterocycles. The largest absolute Gasteiger partial charge is 1.00 e. The van der Waals surface area contributed by atoms with Crippen LogP contribution in [0.15, 0.2) is 0 Å². The van der Waals surface area contributed by atoms with Crippen LogP contribution in [0.3, 0.4) is 0 Å². The second-order valence-corrected chi connectivity index (χ2v) is 1.15. The van der Waals surface area contributed by atoms with Crippen molar-refractivity contribution in [2.75, 3.05) is 26.2 Å². The van der Waals surface area contributed by atoms with E-state index < -0.39 is 0 Å². The molecule has 0 aliphatic carbocycles. The Morgan fingerprint density at radius 2 is 0.667 bits per heavy atom. The first-order valence-corrected chi connectivity index (χ1v) is 2.63. The summed E-state index contributed by atoms with van der Waals surface area (Å²) >= 11 is 0. The van der Waals surface area contributed by atoms with Crippen LogP contribution in [0, 0.1) is 0 Å². The van der Waals surface area contributed by atoms with Crippen LogP contribution in [-0.2, 0) is 17.1 Å². The Bertz CT molecular complexity index is 20.5. The zero-order chi connectivity index (χ0) is 6.83. The molecule has 0 aromatic rings. The third-order valence-electron chi connectivity index (χ3n) is 0.333. The van der Waals surface area contributed by atoms with Crippen LogP contribution in [0.25, 0.3) is 0 Å². The summed E-state index contributed by atoms with van der Waals surface area (Å²) in [6.07, 6.45) is 0. The van der Waals surface area contributed by atoms with Crippen LogP contribution in [0.2, 0.25) is 0 Å². The van der Waals surface area contributed by atoms with E-state index in [9.17, 15) is 0 Å². The maximum atomic E-state index is 4.90. The minimum Gasteiger partial charge on any atom is -0.329 e. The van der Waals surface area contributed by atoms with Crippen LogP contribution in [-0.4, -0.2) is 26.2 Å². The molecule has 0 spiro atoms. The van der Waals surface area contributed by atoms with Gasteiger partial charge in [-0.3, -0.25) is 0 Å². The molecule has 0 heterocycles. The normalized spacial score (nSPS) is 6.67. The van der Waals surface area contributed by atoms with E-state index in [1.807, 2.05) is 0 Å². The van der Waals surface area contributed by atoms with Crippen LogP contribution in [0.4, 0.5) is 0 Å². The van der Waals surface area contributed by atoms with E-state index in [1.165, 1.54) is 0 Å². The third-order valence-corrected chi connectivity index (χ3v) is 0.333. The molecule has 0 saturated carbocycles. The summed E-state index contributed by atoms with van der Waals surface area (Å²) in [5.41, 5.74) is 19.6. The van der Waals surface area contributed by atoms with Gasteiger partial charge in [0.25, 0.3) is 0 Å². The fourth-order valence-electron chi connectivity index (χ4n) is 0. The first-order valence-electron chi connectivity index (χ1n) is 2.63. The van der Waals surface area contributed by atoms with E-state index in [0.717, 1.165) is 0 Å². The van der Waals surface area contributed by atoms with Gasteiger partial charge in [0.15, 0.2) is 0 Å². The van der Waals surface area contributed by atoms with Crippen molar-refractivity contribution in [1.82, 2.24) is 0 Å². The molecule has 62 valence electrons. The van der Waals surface area contributed by atoms with E-state index in [4.69, 9.17) is 22.9 Å². The Balaban J connectivity index is -0.0000000720. The summed E-state index contributed by atoms with van der Waals surface area (Å²) in [5, 5.41) is 0. The minimum atomic E-state index is 0. The zero-order valence-electron chi connectivity index (χ0n) is 5.44. The molecule has 0 aliphatic heterocycles. The molecule has 4 nitrogen and oxygen atoms in total. The molecule has 0 aromatic heterocycles. The minimum absolute atomic E-state index is 0. The van der Waals surface area contributed by atoms with Crippen molar-refractivity contribution in [3.8, 4) is 0 Å². The molecule has 0 radical (unpaired) electrons. The molecule has 0 atom stereocenters. The number of hydrogen-bond acceptors (Lipinski definition) is 4. The van der Waals surface area contributed by atoms with Gasteiger partial charge in [-0.1, -0.05) is 0 Å². The van der Waals surface area contributed by atoms with Crippen molar-refractivity contribution >= 4 is 0 Å². The van der Waals surface area contributed by atoms with Gasteiger partial charge in [0, 0.05) is 26.2 Å². The molecule has 9 heavy (non-hydrogen) atoms. The Kier molecular flexibility index (Phi) is 42.8. The number of hydrogen-bond donors (Lipinski definition) is 4. The monoisotopic (exact) mass is 183 g/mol. The summed E-state index contributed by atoms with van der Waals surface area (Å²) in [7, 11) is 0. The first-order chi connectivity index (χ1) is 3.83. The fraction of sp³-hybridized carbons (Fsp3) is 1.00. The molecule has 0 aliphatic rings. The van der Waals surface area contributed by atoms with Crippen LogP contribution >= 0.6 is 0 Å². The van der Waals surface area contributed by atoms with Crippen LogP contribution < -0.4 is 22.9 Å². The Hall–Kier alpha value is 0.359. The van der Waals surface area contributed by atoms with E-state index in [1.54, 1.807) is 0 Å². The molecule has 5 heteroatoms. The summed E-state index contributed by atoms with van der Waals surface area (Å²) in [6.45, 7) is 2.39. The topological polar surface area (TPSA) is 104 Å². The smallest absolute Gasteiger partial charge is 0.329 e. The van der Waals surface area contributed by atoms with Gasteiger partial charge in [0.1, 0.15) is 0 Å². The molecular formula is C4H16CuN4+. The van der Waals surface area contributed by atoms with Crippen LogP contribution in [0.1, 0.15) is 0 Å². The first kappa shape index (κ1) is 16.2. The maximum Gasteiger partial charge on any atom is 1.00 e. The van der Waals surface area contributed by atoms with Gasteiger partial charge in [-0.25, -0.2) is 0 Å². The van der Waals surface area contributed by atoms with E-state index in [2.05, 4.69) is 0 Å². The van der Waals surface area contributed by atoms with E-state index >= 15 is 0 Å². The van der Waals surface area contributed by atoms with Gasteiger partial charge in [-0.05, 0) is 0 Å². The van der Waals surface area contributed by atoms with E-state index in [0.29, 0.717) is 26.2 Å². The second-order valence-electron chi connectivity index (χ2n) is 1.15. The Morgan fingerprint density at radius 3 is 0.667 bits per heavy atom. The average molecular weight is 184 g/mol. The predicted octanol–water partition coefficient (Wildman–Crippen LogP) is -2.19. The maximum absolute atomic E-state index is 4.90. The fourth-order valence-corrected chi connectivity index (χ4v) is 0. The molecule has 8 N–H and O–H groups in total. The molecule has 0 amide bonds. The van der Waals surface area contributed by atoms with Crippen molar-refractivity contribution < 1.29 is 17.1 Å². The predicted molar refractivity (Wildman–Crippen MR) is 36.2 cm³/mol. The van der Waals surface area contributed by atoms with Gasteiger partial charge in [-0.15, -0.1) is 0 Å². The molecule has 0 bridgehead atoms. The average Bonchev–Trinajstić information content (AvgIpc) is 1.88. The van der Waals surface area contributed by atoms with Gasteiger partial charge >= 0.3 is 17.1 Å². The third kappa shape index (κ3) is 60.7. The summed E-state index contributed by atoms with van der Waals surface area (Å²) in [5.74, 6) is 0. The van der Waals surface area contributed by atoms with Crippen LogP contribution in [0.5, 0.6) is 0 Å². The Morgan fingerprint density at radius 1 is 0.556 bits per heavy atom. The molecule has 0 rings (SSSR count).